The molecule has 1 unspecified atom stereocenters. The van der Waals surface area contributed by atoms with E-state index in [1.165, 1.54) is 0 Å². The highest BCUT2D eigenvalue weighted by atomic mass is 16.5. The molecule has 0 spiro atoms. The van der Waals surface area contributed by atoms with E-state index in [9.17, 15) is 0 Å². The molecule has 0 radical (unpaired) electrons. The fourth-order valence-electron chi connectivity index (χ4n) is 1.01. The van der Waals surface area contributed by atoms with Crippen LogP contribution in [0.3, 0.4) is 0 Å². The largest absolute Gasteiger partial charge is 0.493 e. The van der Waals surface area contributed by atoms with Crippen LogP contribution < -0.4 is 15.2 Å². The Bertz CT molecular complexity index is 299. The minimum Gasteiger partial charge on any atom is -0.493 e. The zero-order chi connectivity index (χ0) is 10.6. The average molecular weight is 197 g/mol. The van der Waals surface area contributed by atoms with Gasteiger partial charge in [-0.2, -0.15) is 0 Å². The molecule has 0 fully saturated rings. The van der Waals surface area contributed by atoms with E-state index < -0.39 is 6.10 Å². The number of ether oxygens (including phenoxy) is 2. The van der Waals surface area contributed by atoms with Crippen LogP contribution in [-0.4, -0.2) is 24.9 Å². The van der Waals surface area contributed by atoms with Crippen molar-refractivity contribution in [3.8, 4) is 11.5 Å². The zero-order valence-electron chi connectivity index (χ0n) is 8.36. The standard InChI is InChI=1S/C10H15NO3/c1-7(12)6-14-9-4-3-8(11)5-10(9)13-2/h3-5,7,12H,6,11H2,1-2H3. The molecule has 3 N–H and O–H groups in total. The summed E-state index contributed by atoms with van der Waals surface area (Å²) < 4.78 is 10.4. The lowest BCUT2D eigenvalue weighted by Gasteiger charge is -2.12. The molecule has 0 aliphatic rings. The Labute approximate surface area is 83.3 Å². The van der Waals surface area contributed by atoms with E-state index in [2.05, 4.69) is 0 Å². The van der Waals surface area contributed by atoms with Gasteiger partial charge in [0.25, 0.3) is 0 Å². The summed E-state index contributed by atoms with van der Waals surface area (Å²) in [5, 5.41) is 9.04. The predicted octanol–water partition coefficient (Wildman–Crippen LogP) is 1.04. The quantitative estimate of drug-likeness (QED) is 0.708. The van der Waals surface area contributed by atoms with Gasteiger partial charge in [-0.3, -0.25) is 0 Å². The highest BCUT2D eigenvalue weighted by Gasteiger charge is 2.05. The molecule has 78 valence electrons. The van der Waals surface area contributed by atoms with E-state index in [0.29, 0.717) is 17.2 Å². The molecule has 1 rings (SSSR count). The van der Waals surface area contributed by atoms with Crippen LogP contribution in [0.4, 0.5) is 5.69 Å². The highest BCUT2D eigenvalue weighted by Crippen LogP contribution is 2.28. The average Bonchev–Trinajstić information content (AvgIpc) is 2.15. The van der Waals surface area contributed by atoms with Crippen molar-refractivity contribution in [1.29, 1.82) is 0 Å². The molecule has 0 aliphatic carbocycles. The van der Waals surface area contributed by atoms with E-state index in [0.717, 1.165) is 0 Å². The van der Waals surface area contributed by atoms with Crippen LogP contribution in [0.15, 0.2) is 18.2 Å². The fourth-order valence-corrected chi connectivity index (χ4v) is 1.01. The number of hydrogen-bond donors (Lipinski definition) is 2. The topological polar surface area (TPSA) is 64.7 Å². The molecule has 1 aromatic carbocycles. The molecule has 0 heterocycles. The summed E-state index contributed by atoms with van der Waals surface area (Å²) in [4.78, 5) is 0. The summed E-state index contributed by atoms with van der Waals surface area (Å²) >= 11 is 0. The molecular weight excluding hydrogens is 182 g/mol. The van der Waals surface area contributed by atoms with E-state index in [4.69, 9.17) is 20.3 Å². The van der Waals surface area contributed by atoms with Gasteiger partial charge in [0.2, 0.25) is 0 Å². The molecule has 0 amide bonds. The Morgan fingerprint density at radius 1 is 1.43 bits per heavy atom. The number of benzene rings is 1. The summed E-state index contributed by atoms with van der Waals surface area (Å²) in [5.74, 6) is 1.16. The van der Waals surface area contributed by atoms with Crippen molar-refractivity contribution in [3.05, 3.63) is 18.2 Å². The monoisotopic (exact) mass is 197 g/mol. The maximum atomic E-state index is 9.04. The van der Waals surface area contributed by atoms with Crippen LogP contribution >= 0.6 is 0 Å². The lowest BCUT2D eigenvalue weighted by atomic mass is 10.3. The molecule has 0 saturated carbocycles. The molecule has 14 heavy (non-hydrogen) atoms. The van der Waals surface area contributed by atoms with E-state index in [-0.39, 0.29) is 6.61 Å². The Morgan fingerprint density at radius 3 is 2.71 bits per heavy atom. The van der Waals surface area contributed by atoms with Gasteiger partial charge in [-0.15, -0.1) is 0 Å². The van der Waals surface area contributed by atoms with E-state index in [1.807, 2.05) is 0 Å². The molecule has 0 bridgehead atoms. The van der Waals surface area contributed by atoms with Gasteiger partial charge in [0.1, 0.15) is 6.61 Å². The van der Waals surface area contributed by atoms with Gasteiger partial charge in [0.05, 0.1) is 13.2 Å². The van der Waals surface area contributed by atoms with Gasteiger partial charge in [0.15, 0.2) is 11.5 Å². The maximum Gasteiger partial charge on any atom is 0.162 e. The van der Waals surface area contributed by atoms with Gasteiger partial charge in [0, 0.05) is 11.8 Å². The van der Waals surface area contributed by atoms with Crippen molar-refractivity contribution in [3.63, 3.8) is 0 Å². The van der Waals surface area contributed by atoms with Crippen LogP contribution in [0.2, 0.25) is 0 Å². The summed E-state index contributed by atoms with van der Waals surface area (Å²) in [6.07, 6.45) is -0.503. The van der Waals surface area contributed by atoms with Crippen molar-refractivity contribution in [2.75, 3.05) is 19.5 Å². The minimum atomic E-state index is -0.503. The number of nitrogen functional groups attached to an aromatic ring is 1. The van der Waals surface area contributed by atoms with E-state index in [1.54, 1.807) is 32.2 Å². The first-order chi connectivity index (χ1) is 6.63. The SMILES string of the molecule is COc1cc(N)ccc1OCC(C)O. The molecular formula is C10H15NO3. The second-order valence-corrected chi connectivity index (χ2v) is 3.07. The van der Waals surface area contributed by atoms with Crippen LogP contribution in [0.25, 0.3) is 0 Å². The summed E-state index contributed by atoms with van der Waals surface area (Å²) in [7, 11) is 1.55. The third kappa shape index (κ3) is 2.81. The molecule has 1 aromatic rings. The molecule has 0 saturated heterocycles. The zero-order valence-corrected chi connectivity index (χ0v) is 8.36. The van der Waals surface area contributed by atoms with Crippen LogP contribution in [0, 0.1) is 0 Å². The Hall–Kier alpha value is -1.42. The fraction of sp³-hybridized carbons (Fsp3) is 0.400. The third-order valence-electron chi connectivity index (χ3n) is 1.67. The molecule has 0 aliphatic heterocycles. The number of methoxy groups -OCH3 is 1. The maximum absolute atomic E-state index is 9.04. The van der Waals surface area contributed by atoms with Gasteiger partial charge in [-0.25, -0.2) is 0 Å². The molecule has 0 aromatic heterocycles. The normalized spacial score (nSPS) is 12.2. The van der Waals surface area contributed by atoms with Crippen molar-refractivity contribution < 1.29 is 14.6 Å². The first-order valence-electron chi connectivity index (χ1n) is 4.38. The predicted molar refractivity (Wildman–Crippen MR) is 54.6 cm³/mol. The Kier molecular flexibility index (Phi) is 3.59. The van der Waals surface area contributed by atoms with Gasteiger partial charge in [-0.05, 0) is 19.1 Å². The van der Waals surface area contributed by atoms with Crippen LogP contribution in [0.5, 0.6) is 11.5 Å². The minimum absolute atomic E-state index is 0.236. The Balaban J connectivity index is 2.75. The number of aliphatic hydroxyl groups is 1. The highest BCUT2D eigenvalue weighted by molar-refractivity contribution is 5.51. The van der Waals surface area contributed by atoms with Crippen molar-refractivity contribution in [1.82, 2.24) is 0 Å². The van der Waals surface area contributed by atoms with Gasteiger partial charge >= 0.3 is 0 Å². The molecule has 4 heteroatoms. The summed E-state index contributed by atoms with van der Waals surface area (Å²) in [6, 6.07) is 5.12. The number of rotatable bonds is 4. The Morgan fingerprint density at radius 2 is 2.14 bits per heavy atom. The first-order valence-corrected chi connectivity index (χ1v) is 4.38. The van der Waals surface area contributed by atoms with Crippen molar-refractivity contribution in [2.45, 2.75) is 13.0 Å². The van der Waals surface area contributed by atoms with Crippen LogP contribution in [0.1, 0.15) is 6.92 Å². The number of aliphatic hydroxyl groups excluding tert-OH is 1. The molecule has 4 nitrogen and oxygen atoms in total. The lowest BCUT2D eigenvalue weighted by molar-refractivity contribution is 0.120. The lowest BCUT2D eigenvalue weighted by Crippen LogP contribution is -2.13. The van der Waals surface area contributed by atoms with Gasteiger partial charge in [-0.1, -0.05) is 0 Å². The van der Waals surface area contributed by atoms with Crippen LogP contribution in [-0.2, 0) is 0 Å². The molecule has 1 atom stereocenters. The summed E-state index contributed by atoms with van der Waals surface area (Å²) in [5.41, 5.74) is 6.19. The first kappa shape index (κ1) is 10.7. The summed E-state index contributed by atoms with van der Waals surface area (Å²) in [6.45, 7) is 1.89. The smallest absolute Gasteiger partial charge is 0.162 e. The van der Waals surface area contributed by atoms with Gasteiger partial charge < -0.3 is 20.3 Å². The van der Waals surface area contributed by atoms with Crippen molar-refractivity contribution >= 4 is 5.69 Å². The van der Waals surface area contributed by atoms with Crippen molar-refractivity contribution in [2.24, 2.45) is 0 Å². The second-order valence-electron chi connectivity index (χ2n) is 3.07. The third-order valence-corrected chi connectivity index (χ3v) is 1.67. The number of hydrogen-bond acceptors (Lipinski definition) is 4. The number of nitrogens with two attached hydrogens (primary N) is 1. The second kappa shape index (κ2) is 4.72. The number of anilines is 1. The van der Waals surface area contributed by atoms with E-state index >= 15 is 0 Å².